The summed E-state index contributed by atoms with van der Waals surface area (Å²) >= 11 is 0. The Labute approximate surface area is 76.7 Å². The molecule has 0 radical (unpaired) electrons. The maximum absolute atomic E-state index is 10.5. The van der Waals surface area contributed by atoms with Crippen molar-refractivity contribution in [2.45, 2.75) is 6.92 Å². The van der Waals surface area contributed by atoms with Crippen molar-refractivity contribution in [1.82, 2.24) is 15.3 Å². The van der Waals surface area contributed by atoms with E-state index in [0.29, 0.717) is 6.54 Å². The van der Waals surface area contributed by atoms with Crippen molar-refractivity contribution in [3.8, 4) is 0 Å². The first-order chi connectivity index (χ1) is 6.29. The highest BCUT2D eigenvalue weighted by Gasteiger charge is 1.86. The average Bonchev–Trinajstić information content (AvgIpc) is 2.14. The van der Waals surface area contributed by atoms with Crippen LogP contribution in [0.5, 0.6) is 0 Å². The molecule has 0 aliphatic carbocycles. The molecule has 0 unspecified atom stereocenters. The summed E-state index contributed by atoms with van der Waals surface area (Å²) in [4.78, 5) is 18.2. The lowest BCUT2D eigenvalue weighted by Crippen LogP contribution is -2.19. The van der Waals surface area contributed by atoms with Gasteiger partial charge in [0.25, 0.3) is 0 Å². The minimum absolute atomic E-state index is 0.0334. The zero-order valence-corrected chi connectivity index (χ0v) is 7.40. The van der Waals surface area contributed by atoms with E-state index in [9.17, 15) is 4.79 Å². The molecule has 0 saturated heterocycles. The van der Waals surface area contributed by atoms with Gasteiger partial charge >= 0.3 is 0 Å². The molecule has 0 fully saturated rings. The predicted octanol–water partition coefficient (Wildman–Crippen LogP) is 0.626. The fourth-order valence-electron chi connectivity index (χ4n) is 0.794. The summed E-state index contributed by atoms with van der Waals surface area (Å²) in [5, 5.41) is 2.65. The van der Waals surface area contributed by atoms with Crippen LogP contribution in [0.1, 0.15) is 12.5 Å². The van der Waals surface area contributed by atoms with Gasteiger partial charge in [-0.2, -0.15) is 0 Å². The monoisotopic (exact) mass is 177 g/mol. The zero-order valence-electron chi connectivity index (χ0n) is 7.40. The van der Waals surface area contributed by atoms with Crippen LogP contribution in [0, 0.1) is 0 Å². The molecule has 1 heterocycles. The van der Waals surface area contributed by atoms with Crippen LogP contribution >= 0.6 is 0 Å². The minimum atomic E-state index is -0.0334. The van der Waals surface area contributed by atoms with Crippen molar-refractivity contribution in [3.63, 3.8) is 0 Å². The molecule has 0 bridgehead atoms. The van der Waals surface area contributed by atoms with E-state index in [-0.39, 0.29) is 5.91 Å². The van der Waals surface area contributed by atoms with Crippen LogP contribution in [-0.2, 0) is 4.79 Å². The second kappa shape index (κ2) is 5.03. The lowest BCUT2D eigenvalue weighted by molar-refractivity contribution is -0.118. The van der Waals surface area contributed by atoms with Gasteiger partial charge in [0.15, 0.2) is 0 Å². The van der Waals surface area contributed by atoms with Crippen LogP contribution in [0.25, 0.3) is 6.08 Å². The fourth-order valence-corrected chi connectivity index (χ4v) is 0.794. The lowest BCUT2D eigenvalue weighted by Gasteiger charge is -1.94. The number of nitrogens with one attached hydrogen (secondary N) is 1. The van der Waals surface area contributed by atoms with E-state index in [0.717, 1.165) is 5.56 Å². The third kappa shape index (κ3) is 4.00. The fraction of sp³-hybridized carbons (Fsp3) is 0.222. The SMILES string of the molecule is CC(=O)NCC=Cc1cncnc1. The van der Waals surface area contributed by atoms with Gasteiger partial charge in [0, 0.05) is 31.4 Å². The number of amides is 1. The predicted molar refractivity (Wildman–Crippen MR) is 49.7 cm³/mol. The van der Waals surface area contributed by atoms with Gasteiger partial charge in [-0.15, -0.1) is 0 Å². The molecule has 68 valence electrons. The molecule has 1 aromatic heterocycles. The van der Waals surface area contributed by atoms with Gasteiger partial charge in [-0.25, -0.2) is 9.97 Å². The normalized spacial score (nSPS) is 10.2. The Morgan fingerprint density at radius 2 is 2.23 bits per heavy atom. The van der Waals surface area contributed by atoms with E-state index in [1.54, 1.807) is 12.4 Å². The van der Waals surface area contributed by atoms with Gasteiger partial charge in [-0.1, -0.05) is 12.2 Å². The van der Waals surface area contributed by atoms with Crippen molar-refractivity contribution in [2.75, 3.05) is 6.54 Å². The molecule has 0 spiro atoms. The largest absolute Gasteiger partial charge is 0.353 e. The van der Waals surface area contributed by atoms with Gasteiger partial charge in [0.1, 0.15) is 6.33 Å². The van der Waals surface area contributed by atoms with Crippen LogP contribution in [0.2, 0.25) is 0 Å². The van der Waals surface area contributed by atoms with Crippen LogP contribution in [0.15, 0.2) is 24.8 Å². The van der Waals surface area contributed by atoms with Crippen LogP contribution in [0.4, 0.5) is 0 Å². The first-order valence-electron chi connectivity index (χ1n) is 3.95. The van der Waals surface area contributed by atoms with Gasteiger partial charge in [0.05, 0.1) is 0 Å². The molecule has 0 aromatic carbocycles. The van der Waals surface area contributed by atoms with E-state index in [2.05, 4.69) is 15.3 Å². The third-order valence-corrected chi connectivity index (χ3v) is 1.36. The molecule has 1 amide bonds. The Morgan fingerprint density at radius 1 is 1.54 bits per heavy atom. The number of hydrogen-bond acceptors (Lipinski definition) is 3. The van der Waals surface area contributed by atoms with E-state index < -0.39 is 0 Å². The average molecular weight is 177 g/mol. The highest BCUT2D eigenvalue weighted by Crippen LogP contribution is 1.94. The maximum atomic E-state index is 10.5. The number of aromatic nitrogens is 2. The van der Waals surface area contributed by atoms with Gasteiger partial charge < -0.3 is 5.32 Å². The molecular weight excluding hydrogens is 166 g/mol. The van der Waals surface area contributed by atoms with Crippen LogP contribution in [-0.4, -0.2) is 22.4 Å². The molecule has 0 saturated carbocycles. The second-order valence-corrected chi connectivity index (χ2v) is 2.51. The summed E-state index contributed by atoms with van der Waals surface area (Å²) in [5.74, 6) is -0.0334. The molecule has 4 heteroatoms. The van der Waals surface area contributed by atoms with Gasteiger partial charge in [-0.05, 0) is 0 Å². The Morgan fingerprint density at radius 3 is 2.85 bits per heavy atom. The van der Waals surface area contributed by atoms with Crippen molar-refractivity contribution in [2.24, 2.45) is 0 Å². The first-order valence-corrected chi connectivity index (χ1v) is 3.95. The smallest absolute Gasteiger partial charge is 0.217 e. The van der Waals surface area contributed by atoms with Crippen molar-refractivity contribution in [1.29, 1.82) is 0 Å². The maximum Gasteiger partial charge on any atom is 0.217 e. The van der Waals surface area contributed by atoms with Crippen molar-refractivity contribution >= 4 is 12.0 Å². The molecule has 13 heavy (non-hydrogen) atoms. The Bertz CT molecular complexity index is 295. The summed E-state index contributed by atoms with van der Waals surface area (Å²) in [6.07, 6.45) is 8.59. The molecule has 1 aromatic rings. The summed E-state index contributed by atoms with van der Waals surface area (Å²) in [6.45, 7) is 2.02. The summed E-state index contributed by atoms with van der Waals surface area (Å²) in [7, 11) is 0. The summed E-state index contributed by atoms with van der Waals surface area (Å²) in [5.41, 5.74) is 0.924. The third-order valence-electron chi connectivity index (χ3n) is 1.36. The van der Waals surface area contributed by atoms with E-state index >= 15 is 0 Å². The van der Waals surface area contributed by atoms with Crippen LogP contribution < -0.4 is 5.32 Å². The highest BCUT2D eigenvalue weighted by molar-refractivity contribution is 5.73. The number of nitrogens with zero attached hydrogens (tertiary/aromatic N) is 2. The van der Waals surface area contributed by atoms with E-state index in [4.69, 9.17) is 0 Å². The number of hydrogen-bond donors (Lipinski definition) is 1. The number of rotatable bonds is 3. The van der Waals surface area contributed by atoms with Crippen molar-refractivity contribution in [3.05, 3.63) is 30.4 Å². The lowest BCUT2D eigenvalue weighted by atomic mass is 10.3. The molecule has 0 aliphatic heterocycles. The first kappa shape index (κ1) is 9.38. The molecular formula is C9H11N3O. The Kier molecular flexibility index (Phi) is 3.63. The zero-order chi connectivity index (χ0) is 9.52. The van der Waals surface area contributed by atoms with E-state index in [1.807, 2.05) is 12.2 Å². The topological polar surface area (TPSA) is 54.9 Å². The van der Waals surface area contributed by atoms with E-state index in [1.165, 1.54) is 13.3 Å². The quantitative estimate of drug-likeness (QED) is 0.736. The Hall–Kier alpha value is -1.71. The van der Waals surface area contributed by atoms with Crippen LogP contribution in [0.3, 0.4) is 0 Å². The number of carbonyl (C=O) groups is 1. The van der Waals surface area contributed by atoms with Crippen molar-refractivity contribution < 1.29 is 4.79 Å². The molecule has 4 nitrogen and oxygen atoms in total. The summed E-state index contributed by atoms with van der Waals surface area (Å²) in [6, 6.07) is 0. The molecule has 0 aliphatic rings. The highest BCUT2D eigenvalue weighted by atomic mass is 16.1. The van der Waals surface area contributed by atoms with Gasteiger partial charge in [0.2, 0.25) is 5.91 Å². The molecule has 0 atom stereocenters. The van der Waals surface area contributed by atoms with Gasteiger partial charge in [-0.3, -0.25) is 4.79 Å². The Balaban J connectivity index is 2.37. The summed E-state index contributed by atoms with van der Waals surface area (Å²) < 4.78 is 0. The molecule has 1 N–H and O–H groups in total. The molecule has 1 rings (SSSR count). The number of carbonyl (C=O) groups excluding carboxylic acids is 1. The second-order valence-electron chi connectivity index (χ2n) is 2.51. The standard InChI is InChI=1S/C9H11N3O/c1-8(13)12-4-2-3-9-5-10-7-11-6-9/h2-3,5-7H,4H2,1H3,(H,12,13). The minimum Gasteiger partial charge on any atom is -0.353 e.